The number of hydrogen-bond donors (Lipinski definition) is 0. The smallest absolute Gasteiger partial charge is 0.0540 e. The average Bonchev–Trinajstić information content (AvgIpc) is 2.91. The SMILES string of the molecule is Cc1ccc2c(c1)CCc1ccccc1N2c1ccccc1-c1ccccc1. The van der Waals surface area contributed by atoms with Gasteiger partial charge in [-0.1, -0.05) is 84.4 Å². The summed E-state index contributed by atoms with van der Waals surface area (Å²) in [6.45, 7) is 2.18. The predicted octanol–water partition coefficient (Wildman–Crippen LogP) is 7.23. The molecule has 0 aromatic heterocycles. The van der Waals surface area contributed by atoms with E-state index in [0.29, 0.717) is 0 Å². The average molecular weight is 361 g/mol. The lowest BCUT2D eigenvalue weighted by Crippen LogP contribution is -2.12. The van der Waals surface area contributed by atoms with Crippen LogP contribution in [0, 0.1) is 6.92 Å². The Balaban J connectivity index is 1.79. The highest BCUT2D eigenvalue weighted by atomic mass is 15.2. The van der Waals surface area contributed by atoms with Crippen molar-refractivity contribution in [3.8, 4) is 11.1 Å². The molecule has 0 bridgehead atoms. The number of hydrogen-bond acceptors (Lipinski definition) is 1. The van der Waals surface area contributed by atoms with E-state index >= 15 is 0 Å². The summed E-state index contributed by atoms with van der Waals surface area (Å²) in [6.07, 6.45) is 2.13. The molecule has 1 nitrogen and oxygen atoms in total. The Bertz CT molecular complexity index is 1130. The number of anilines is 3. The van der Waals surface area contributed by atoms with Gasteiger partial charge in [0.25, 0.3) is 0 Å². The Morgan fingerprint density at radius 3 is 2.07 bits per heavy atom. The van der Waals surface area contributed by atoms with Crippen LogP contribution in [0.2, 0.25) is 0 Å². The quantitative estimate of drug-likeness (QED) is 0.364. The molecule has 0 atom stereocenters. The first kappa shape index (κ1) is 16.8. The molecule has 1 heterocycles. The molecule has 0 unspecified atom stereocenters. The zero-order valence-electron chi connectivity index (χ0n) is 16.1. The highest BCUT2D eigenvalue weighted by Gasteiger charge is 2.23. The first-order chi connectivity index (χ1) is 13.8. The van der Waals surface area contributed by atoms with Crippen LogP contribution in [0.15, 0.2) is 97.1 Å². The van der Waals surface area contributed by atoms with Crippen molar-refractivity contribution in [2.75, 3.05) is 4.90 Å². The van der Waals surface area contributed by atoms with Gasteiger partial charge in [-0.25, -0.2) is 0 Å². The second kappa shape index (κ2) is 7.01. The third-order valence-corrected chi connectivity index (χ3v) is 5.60. The van der Waals surface area contributed by atoms with Gasteiger partial charge in [0.2, 0.25) is 0 Å². The molecule has 136 valence electrons. The molecule has 0 saturated heterocycles. The van der Waals surface area contributed by atoms with E-state index in [4.69, 9.17) is 0 Å². The van der Waals surface area contributed by atoms with Crippen LogP contribution < -0.4 is 4.90 Å². The van der Waals surface area contributed by atoms with E-state index in [1.54, 1.807) is 0 Å². The first-order valence-corrected chi connectivity index (χ1v) is 9.93. The molecule has 0 N–H and O–H groups in total. The van der Waals surface area contributed by atoms with Gasteiger partial charge >= 0.3 is 0 Å². The van der Waals surface area contributed by atoms with Gasteiger partial charge in [0, 0.05) is 16.9 Å². The van der Waals surface area contributed by atoms with Crippen molar-refractivity contribution in [1.29, 1.82) is 0 Å². The third kappa shape index (κ3) is 2.90. The van der Waals surface area contributed by atoms with Gasteiger partial charge in [0.05, 0.1) is 5.69 Å². The van der Waals surface area contributed by atoms with E-state index in [9.17, 15) is 0 Å². The van der Waals surface area contributed by atoms with Crippen LogP contribution in [0.25, 0.3) is 11.1 Å². The summed E-state index contributed by atoms with van der Waals surface area (Å²) in [4.78, 5) is 2.46. The van der Waals surface area contributed by atoms with Gasteiger partial charge in [-0.15, -0.1) is 0 Å². The lowest BCUT2D eigenvalue weighted by atomic mass is 10.0. The number of fused-ring (bicyclic) bond motifs is 2. The lowest BCUT2D eigenvalue weighted by molar-refractivity contribution is 0.975. The zero-order chi connectivity index (χ0) is 18.9. The van der Waals surface area contributed by atoms with Crippen molar-refractivity contribution in [2.45, 2.75) is 19.8 Å². The molecular formula is C27H23N. The Morgan fingerprint density at radius 1 is 0.571 bits per heavy atom. The molecule has 0 spiro atoms. The van der Waals surface area contributed by atoms with E-state index in [-0.39, 0.29) is 0 Å². The minimum atomic E-state index is 1.07. The summed E-state index contributed by atoms with van der Waals surface area (Å²) in [5.41, 5.74) is 10.4. The van der Waals surface area contributed by atoms with Crippen LogP contribution in [0.5, 0.6) is 0 Å². The second-order valence-corrected chi connectivity index (χ2v) is 7.48. The van der Waals surface area contributed by atoms with Gasteiger partial charge < -0.3 is 4.90 Å². The number of para-hydroxylation sites is 2. The fourth-order valence-electron chi connectivity index (χ4n) is 4.26. The molecule has 0 fully saturated rings. The molecule has 5 rings (SSSR count). The normalized spacial score (nSPS) is 12.8. The fraction of sp³-hybridized carbons (Fsp3) is 0.111. The number of benzene rings is 4. The van der Waals surface area contributed by atoms with Crippen molar-refractivity contribution in [1.82, 2.24) is 0 Å². The van der Waals surface area contributed by atoms with Gasteiger partial charge in [-0.2, -0.15) is 0 Å². The summed E-state index contributed by atoms with van der Waals surface area (Å²) in [5.74, 6) is 0. The minimum absolute atomic E-state index is 1.07. The predicted molar refractivity (Wildman–Crippen MR) is 119 cm³/mol. The van der Waals surface area contributed by atoms with Gasteiger partial charge in [0.15, 0.2) is 0 Å². The second-order valence-electron chi connectivity index (χ2n) is 7.48. The summed E-state index contributed by atoms with van der Waals surface area (Å²) in [5, 5.41) is 0. The van der Waals surface area contributed by atoms with Crippen LogP contribution in [0.1, 0.15) is 16.7 Å². The van der Waals surface area contributed by atoms with Crippen LogP contribution >= 0.6 is 0 Å². The van der Waals surface area contributed by atoms with Gasteiger partial charge in [-0.05, 0) is 54.7 Å². The fourth-order valence-corrected chi connectivity index (χ4v) is 4.26. The molecule has 0 amide bonds. The standard InChI is InChI=1S/C27H23N/c1-20-15-18-26-23(19-20)17-16-22-11-5-7-13-25(22)28(26)27-14-8-6-12-24(27)21-9-3-2-4-10-21/h2-15,18-19H,16-17H2,1H3. The summed E-state index contributed by atoms with van der Waals surface area (Å²) >= 11 is 0. The zero-order valence-corrected chi connectivity index (χ0v) is 16.1. The van der Waals surface area contributed by atoms with Crippen molar-refractivity contribution in [2.24, 2.45) is 0 Å². The van der Waals surface area contributed by atoms with E-state index in [2.05, 4.69) is 109 Å². The highest BCUT2D eigenvalue weighted by molar-refractivity contribution is 5.90. The van der Waals surface area contributed by atoms with E-state index in [1.165, 1.54) is 44.9 Å². The van der Waals surface area contributed by atoms with E-state index in [1.807, 2.05) is 0 Å². The summed E-state index contributed by atoms with van der Waals surface area (Å²) in [6, 6.07) is 35.1. The molecule has 0 saturated carbocycles. The Kier molecular flexibility index (Phi) is 4.21. The number of rotatable bonds is 2. The maximum atomic E-state index is 2.46. The summed E-state index contributed by atoms with van der Waals surface area (Å²) < 4.78 is 0. The summed E-state index contributed by atoms with van der Waals surface area (Å²) in [7, 11) is 0. The molecule has 0 aliphatic carbocycles. The monoisotopic (exact) mass is 361 g/mol. The minimum Gasteiger partial charge on any atom is -0.309 e. The first-order valence-electron chi connectivity index (χ1n) is 9.93. The van der Waals surface area contributed by atoms with Crippen molar-refractivity contribution < 1.29 is 0 Å². The Labute approximate surface area is 166 Å². The number of nitrogens with zero attached hydrogens (tertiary/aromatic N) is 1. The molecule has 4 aromatic carbocycles. The van der Waals surface area contributed by atoms with Gasteiger partial charge in [-0.3, -0.25) is 0 Å². The van der Waals surface area contributed by atoms with Crippen LogP contribution in [-0.4, -0.2) is 0 Å². The number of aryl methyl sites for hydroxylation is 3. The van der Waals surface area contributed by atoms with Crippen LogP contribution in [0.4, 0.5) is 17.1 Å². The van der Waals surface area contributed by atoms with Crippen molar-refractivity contribution in [3.63, 3.8) is 0 Å². The Hall–Kier alpha value is -3.32. The molecule has 1 heteroatoms. The molecular weight excluding hydrogens is 338 g/mol. The topological polar surface area (TPSA) is 3.24 Å². The maximum absolute atomic E-state index is 2.46. The van der Waals surface area contributed by atoms with Gasteiger partial charge in [0.1, 0.15) is 0 Å². The lowest BCUT2D eigenvalue weighted by Gasteiger charge is -2.29. The molecule has 0 radical (unpaired) electrons. The third-order valence-electron chi connectivity index (χ3n) is 5.60. The highest BCUT2D eigenvalue weighted by Crippen LogP contribution is 2.45. The molecule has 4 aromatic rings. The largest absolute Gasteiger partial charge is 0.309 e. The molecule has 28 heavy (non-hydrogen) atoms. The Morgan fingerprint density at radius 2 is 1.21 bits per heavy atom. The van der Waals surface area contributed by atoms with Crippen LogP contribution in [0.3, 0.4) is 0 Å². The van der Waals surface area contributed by atoms with E-state index in [0.717, 1.165) is 12.8 Å². The molecule has 1 aliphatic rings. The van der Waals surface area contributed by atoms with Crippen LogP contribution in [-0.2, 0) is 12.8 Å². The molecule has 1 aliphatic heterocycles. The van der Waals surface area contributed by atoms with E-state index < -0.39 is 0 Å². The van der Waals surface area contributed by atoms with Crippen molar-refractivity contribution >= 4 is 17.1 Å². The van der Waals surface area contributed by atoms with Crippen molar-refractivity contribution in [3.05, 3.63) is 114 Å². The maximum Gasteiger partial charge on any atom is 0.0540 e.